The van der Waals surface area contributed by atoms with Gasteiger partial charge in [-0.15, -0.1) is 0 Å². The number of benzene rings is 1. The summed E-state index contributed by atoms with van der Waals surface area (Å²) in [4.78, 5) is 11.5. The number of nitrogen functional groups attached to an aromatic ring is 1. The number of nitrogens with one attached hydrogen (secondary N) is 1. The molecule has 0 bridgehead atoms. The largest absolute Gasteiger partial charge is 0.399 e. The van der Waals surface area contributed by atoms with Gasteiger partial charge in [-0.1, -0.05) is 13.8 Å². The van der Waals surface area contributed by atoms with Crippen LogP contribution < -0.4 is 11.1 Å². The van der Waals surface area contributed by atoms with Crippen LogP contribution in [0.2, 0.25) is 0 Å². The van der Waals surface area contributed by atoms with Crippen LogP contribution in [-0.2, 0) is 15.6 Å². The first kappa shape index (κ1) is 15.6. The Hall–Kier alpha value is -1.43. The summed E-state index contributed by atoms with van der Waals surface area (Å²) in [6.45, 7) is 4.64. The lowest BCUT2D eigenvalue weighted by Crippen LogP contribution is -2.29. The molecule has 106 valence electrons. The van der Waals surface area contributed by atoms with Crippen molar-refractivity contribution in [1.82, 2.24) is 5.32 Å². The predicted octanol–water partition coefficient (Wildman–Crippen LogP) is 1.68. The second-order valence-electron chi connectivity index (χ2n) is 4.71. The van der Waals surface area contributed by atoms with Crippen molar-refractivity contribution in [1.29, 1.82) is 0 Å². The molecule has 0 heterocycles. The van der Waals surface area contributed by atoms with Crippen LogP contribution in [0.15, 0.2) is 23.1 Å². The van der Waals surface area contributed by atoms with Gasteiger partial charge in [0.25, 0.3) is 0 Å². The van der Waals surface area contributed by atoms with E-state index in [0.29, 0.717) is 12.5 Å². The van der Waals surface area contributed by atoms with Crippen molar-refractivity contribution >= 4 is 22.4 Å². The topological polar surface area (TPSA) is 72.2 Å². The Balaban J connectivity index is 2.52. The first-order valence-corrected chi connectivity index (χ1v) is 7.42. The SMILES string of the molecule is CC(C)CCNC(=O)CS(=O)c1ccc(N)cc1F. The fourth-order valence-electron chi connectivity index (χ4n) is 1.45. The quantitative estimate of drug-likeness (QED) is 0.781. The lowest BCUT2D eigenvalue weighted by Gasteiger charge is -2.07. The Morgan fingerprint density at radius 1 is 1.47 bits per heavy atom. The van der Waals surface area contributed by atoms with E-state index in [1.807, 2.05) is 13.8 Å². The first-order chi connectivity index (χ1) is 8.90. The minimum atomic E-state index is -1.69. The minimum Gasteiger partial charge on any atom is -0.399 e. The van der Waals surface area contributed by atoms with E-state index < -0.39 is 16.6 Å². The van der Waals surface area contributed by atoms with Gasteiger partial charge >= 0.3 is 0 Å². The maximum absolute atomic E-state index is 13.5. The number of nitrogens with two attached hydrogens (primary N) is 1. The van der Waals surface area contributed by atoms with E-state index in [4.69, 9.17) is 5.73 Å². The van der Waals surface area contributed by atoms with Crippen LogP contribution in [0, 0.1) is 11.7 Å². The van der Waals surface area contributed by atoms with E-state index in [-0.39, 0.29) is 22.2 Å². The van der Waals surface area contributed by atoms with Gasteiger partial charge in [-0.05, 0) is 30.5 Å². The molecule has 0 aliphatic carbocycles. The third kappa shape index (κ3) is 5.38. The average molecular weight is 286 g/mol. The lowest BCUT2D eigenvalue weighted by atomic mass is 10.1. The molecule has 0 aliphatic rings. The molecule has 1 aromatic rings. The second-order valence-corrected chi connectivity index (χ2v) is 6.13. The highest BCUT2D eigenvalue weighted by molar-refractivity contribution is 7.85. The molecular weight excluding hydrogens is 267 g/mol. The zero-order valence-corrected chi connectivity index (χ0v) is 11.9. The van der Waals surface area contributed by atoms with Gasteiger partial charge in [0.15, 0.2) is 0 Å². The Kier molecular flexibility index (Phi) is 5.95. The van der Waals surface area contributed by atoms with Gasteiger partial charge in [-0.2, -0.15) is 0 Å². The van der Waals surface area contributed by atoms with Gasteiger partial charge < -0.3 is 11.1 Å². The summed E-state index contributed by atoms with van der Waals surface area (Å²) in [6.07, 6.45) is 0.856. The van der Waals surface area contributed by atoms with E-state index in [2.05, 4.69) is 5.32 Å². The van der Waals surface area contributed by atoms with Crippen LogP contribution in [0.5, 0.6) is 0 Å². The number of carbonyl (C=O) groups is 1. The summed E-state index contributed by atoms with van der Waals surface area (Å²) in [5.74, 6) is -0.734. The number of hydrogen-bond donors (Lipinski definition) is 2. The third-order valence-electron chi connectivity index (χ3n) is 2.51. The normalized spacial score (nSPS) is 12.4. The van der Waals surface area contributed by atoms with Gasteiger partial charge in [0, 0.05) is 12.2 Å². The molecule has 1 rings (SSSR count). The molecule has 1 amide bonds. The van der Waals surface area contributed by atoms with E-state index >= 15 is 0 Å². The van der Waals surface area contributed by atoms with E-state index in [0.717, 1.165) is 12.5 Å². The summed E-state index contributed by atoms with van der Waals surface area (Å²) in [7, 11) is -1.69. The standard InChI is InChI=1S/C13H19FN2O2S/c1-9(2)5-6-16-13(17)8-19(18)12-4-3-10(15)7-11(12)14/h3-4,7,9H,5-6,8,15H2,1-2H3,(H,16,17). The highest BCUT2D eigenvalue weighted by Gasteiger charge is 2.14. The summed E-state index contributed by atoms with van der Waals surface area (Å²) in [6, 6.07) is 3.92. The van der Waals surface area contributed by atoms with Crippen molar-refractivity contribution in [2.24, 2.45) is 5.92 Å². The third-order valence-corrected chi connectivity index (χ3v) is 3.85. The zero-order valence-electron chi connectivity index (χ0n) is 11.1. The molecule has 4 nitrogen and oxygen atoms in total. The van der Waals surface area contributed by atoms with Crippen LogP contribution >= 0.6 is 0 Å². The molecule has 19 heavy (non-hydrogen) atoms. The molecule has 0 aromatic heterocycles. The number of rotatable bonds is 6. The number of amides is 1. The highest BCUT2D eigenvalue weighted by Crippen LogP contribution is 2.15. The first-order valence-electron chi connectivity index (χ1n) is 6.10. The summed E-state index contributed by atoms with van der Waals surface area (Å²) in [5, 5.41) is 2.67. The average Bonchev–Trinajstić information content (AvgIpc) is 2.27. The molecule has 1 aromatic carbocycles. The molecule has 1 unspecified atom stereocenters. The fourth-order valence-corrected chi connectivity index (χ4v) is 2.44. The number of halogens is 1. The van der Waals surface area contributed by atoms with E-state index in [1.165, 1.54) is 12.1 Å². The number of hydrogen-bond acceptors (Lipinski definition) is 3. The number of carbonyl (C=O) groups excluding carboxylic acids is 1. The Labute approximate surface area is 115 Å². The highest BCUT2D eigenvalue weighted by atomic mass is 32.2. The molecule has 0 fully saturated rings. The molecule has 3 N–H and O–H groups in total. The summed E-state index contributed by atoms with van der Waals surface area (Å²) < 4.78 is 25.4. The fraction of sp³-hybridized carbons (Fsp3) is 0.462. The lowest BCUT2D eigenvalue weighted by molar-refractivity contribution is -0.118. The van der Waals surface area contributed by atoms with Gasteiger partial charge in [0.05, 0.1) is 15.7 Å². The zero-order chi connectivity index (χ0) is 14.4. The van der Waals surface area contributed by atoms with Crippen molar-refractivity contribution in [2.75, 3.05) is 18.0 Å². The van der Waals surface area contributed by atoms with Gasteiger partial charge in [0.1, 0.15) is 11.6 Å². The molecule has 0 spiro atoms. The summed E-state index contributed by atoms with van der Waals surface area (Å²) >= 11 is 0. The summed E-state index contributed by atoms with van der Waals surface area (Å²) in [5.41, 5.74) is 5.67. The molecule has 0 aliphatic heterocycles. The van der Waals surface area contributed by atoms with Crippen LogP contribution in [0.4, 0.5) is 10.1 Å². The number of anilines is 1. The molecular formula is C13H19FN2O2S. The Morgan fingerprint density at radius 2 is 2.16 bits per heavy atom. The molecule has 0 saturated heterocycles. The Morgan fingerprint density at radius 3 is 2.74 bits per heavy atom. The van der Waals surface area contributed by atoms with Crippen LogP contribution in [0.1, 0.15) is 20.3 Å². The van der Waals surface area contributed by atoms with Crippen LogP contribution in [0.25, 0.3) is 0 Å². The monoisotopic (exact) mass is 286 g/mol. The molecule has 0 saturated carbocycles. The predicted molar refractivity (Wildman–Crippen MR) is 74.6 cm³/mol. The van der Waals surface area contributed by atoms with Crippen LogP contribution in [0.3, 0.4) is 0 Å². The molecule has 6 heteroatoms. The second kappa shape index (κ2) is 7.23. The molecule has 1 atom stereocenters. The van der Waals surface area contributed by atoms with Gasteiger partial charge in [-0.25, -0.2) is 4.39 Å². The van der Waals surface area contributed by atoms with Gasteiger partial charge in [0.2, 0.25) is 5.91 Å². The maximum Gasteiger partial charge on any atom is 0.233 e. The van der Waals surface area contributed by atoms with Crippen molar-refractivity contribution < 1.29 is 13.4 Å². The van der Waals surface area contributed by atoms with E-state index in [9.17, 15) is 13.4 Å². The van der Waals surface area contributed by atoms with Crippen molar-refractivity contribution in [3.8, 4) is 0 Å². The van der Waals surface area contributed by atoms with E-state index in [1.54, 1.807) is 0 Å². The molecule has 0 radical (unpaired) electrons. The van der Waals surface area contributed by atoms with Crippen LogP contribution in [-0.4, -0.2) is 22.4 Å². The van der Waals surface area contributed by atoms with Crippen molar-refractivity contribution in [3.63, 3.8) is 0 Å². The maximum atomic E-state index is 13.5. The smallest absolute Gasteiger partial charge is 0.233 e. The van der Waals surface area contributed by atoms with Gasteiger partial charge in [-0.3, -0.25) is 9.00 Å². The minimum absolute atomic E-state index is 0.00760. The van der Waals surface area contributed by atoms with Crippen molar-refractivity contribution in [3.05, 3.63) is 24.0 Å². The van der Waals surface area contributed by atoms with Crippen molar-refractivity contribution in [2.45, 2.75) is 25.2 Å². The Bertz CT molecular complexity index is 478.